The number of rotatable bonds is 2. The van der Waals surface area contributed by atoms with Crippen molar-refractivity contribution in [3.05, 3.63) is 24.4 Å². The lowest BCUT2D eigenvalue weighted by atomic mass is 10.2. The molecule has 2 aromatic rings. The van der Waals surface area contributed by atoms with E-state index >= 15 is 0 Å². The predicted molar refractivity (Wildman–Crippen MR) is 58.3 cm³/mol. The lowest BCUT2D eigenvalue weighted by Gasteiger charge is -2.03. The van der Waals surface area contributed by atoms with E-state index in [0.717, 1.165) is 5.39 Å². The van der Waals surface area contributed by atoms with Gasteiger partial charge in [0.05, 0.1) is 0 Å². The summed E-state index contributed by atoms with van der Waals surface area (Å²) in [4.78, 5) is 8.16. The minimum atomic E-state index is 0.193. The van der Waals surface area contributed by atoms with E-state index < -0.39 is 0 Å². The molecule has 0 saturated heterocycles. The molecule has 0 atom stereocenters. The Kier molecular flexibility index (Phi) is 2.38. The van der Waals surface area contributed by atoms with Gasteiger partial charge in [-0.05, 0) is 12.1 Å². The molecule has 0 aliphatic rings. The summed E-state index contributed by atoms with van der Waals surface area (Å²) >= 11 is 0. The van der Waals surface area contributed by atoms with Gasteiger partial charge in [-0.2, -0.15) is 0 Å². The lowest BCUT2D eigenvalue weighted by Crippen LogP contribution is -1.98. The fourth-order valence-corrected chi connectivity index (χ4v) is 1.25. The van der Waals surface area contributed by atoms with E-state index in [0.29, 0.717) is 17.2 Å². The molecule has 0 radical (unpaired) electrons. The number of aromatic nitrogens is 2. The Hall–Kier alpha value is -2.28. The molecule has 2 aromatic heterocycles. The summed E-state index contributed by atoms with van der Waals surface area (Å²) in [5.74, 6) is 3.22. The molecule has 0 spiro atoms. The number of nitrogens with zero attached hydrogens (tertiary/aromatic N) is 2. The highest BCUT2D eigenvalue weighted by molar-refractivity contribution is 5.87. The third kappa shape index (κ3) is 1.81. The highest BCUT2D eigenvalue weighted by atomic mass is 16.5. The largest absolute Gasteiger partial charge is 0.464 e. The van der Waals surface area contributed by atoms with Crippen LogP contribution >= 0.6 is 0 Å². The van der Waals surface area contributed by atoms with Gasteiger partial charge < -0.3 is 10.5 Å². The van der Waals surface area contributed by atoms with E-state index in [1.807, 2.05) is 12.1 Å². The lowest BCUT2D eigenvalue weighted by molar-refractivity contribution is 0.357. The fourth-order valence-electron chi connectivity index (χ4n) is 1.25. The summed E-state index contributed by atoms with van der Waals surface area (Å²) in [6.07, 6.45) is 6.72. The van der Waals surface area contributed by atoms with Crippen LogP contribution < -0.4 is 10.5 Å². The summed E-state index contributed by atoms with van der Waals surface area (Å²) in [6.45, 7) is 0.193. The number of hydrogen-bond donors (Lipinski definition) is 1. The topological polar surface area (TPSA) is 61.0 Å². The second kappa shape index (κ2) is 3.84. The van der Waals surface area contributed by atoms with Crippen LogP contribution in [0.4, 0.5) is 5.82 Å². The molecule has 15 heavy (non-hydrogen) atoms. The number of hydrogen-bond acceptors (Lipinski definition) is 4. The Morgan fingerprint density at radius 2 is 2.27 bits per heavy atom. The summed E-state index contributed by atoms with van der Waals surface area (Å²) in [7, 11) is 0. The van der Waals surface area contributed by atoms with Crippen molar-refractivity contribution in [2.45, 2.75) is 0 Å². The zero-order valence-corrected chi connectivity index (χ0v) is 7.97. The highest BCUT2D eigenvalue weighted by Crippen LogP contribution is 2.19. The summed E-state index contributed by atoms with van der Waals surface area (Å²) in [6, 6.07) is 5.45. The zero-order valence-electron chi connectivity index (χ0n) is 7.97. The van der Waals surface area contributed by atoms with Crippen LogP contribution in [0, 0.1) is 12.3 Å². The first kappa shape index (κ1) is 9.28. The fraction of sp³-hybridized carbons (Fsp3) is 0.0909. The van der Waals surface area contributed by atoms with Gasteiger partial charge in [0.1, 0.15) is 11.3 Å². The van der Waals surface area contributed by atoms with Gasteiger partial charge in [0.15, 0.2) is 6.61 Å². The molecule has 74 valence electrons. The van der Waals surface area contributed by atoms with Gasteiger partial charge in [0.25, 0.3) is 0 Å². The number of nitrogens with two attached hydrogens (primary N) is 1. The van der Waals surface area contributed by atoms with Crippen molar-refractivity contribution >= 4 is 16.7 Å². The van der Waals surface area contributed by atoms with Crippen LogP contribution in [0.2, 0.25) is 0 Å². The molecule has 2 heterocycles. The van der Waals surface area contributed by atoms with E-state index in [-0.39, 0.29) is 6.61 Å². The Balaban J connectivity index is 2.46. The van der Waals surface area contributed by atoms with Crippen molar-refractivity contribution in [1.82, 2.24) is 9.97 Å². The van der Waals surface area contributed by atoms with Crippen LogP contribution in [0.3, 0.4) is 0 Å². The van der Waals surface area contributed by atoms with Crippen molar-refractivity contribution in [3.8, 4) is 18.2 Å². The van der Waals surface area contributed by atoms with Crippen LogP contribution in [0.15, 0.2) is 24.4 Å². The molecule has 4 heteroatoms. The summed E-state index contributed by atoms with van der Waals surface area (Å²) in [5, 5.41) is 0.926. The van der Waals surface area contributed by atoms with E-state index in [9.17, 15) is 0 Å². The Morgan fingerprint density at radius 3 is 3.07 bits per heavy atom. The second-order valence-corrected chi connectivity index (χ2v) is 2.91. The van der Waals surface area contributed by atoms with E-state index in [4.69, 9.17) is 16.9 Å². The molecular formula is C11H9N3O. The van der Waals surface area contributed by atoms with Gasteiger partial charge in [-0.3, -0.25) is 0 Å². The first-order chi connectivity index (χ1) is 7.31. The Morgan fingerprint density at radius 1 is 1.40 bits per heavy atom. The smallest absolute Gasteiger partial charge is 0.214 e. The van der Waals surface area contributed by atoms with Crippen molar-refractivity contribution in [1.29, 1.82) is 0 Å². The summed E-state index contributed by atoms with van der Waals surface area (Å²) in [5.41, 5.74) is 6.32. The van der Waals surface area contributed by atoms with Crippen molar-refractivity contribution < 1.29 is 4.74 Å². The number of fused-ring (bicyclic) bond motifs is 1. The molecule has 0 fully saturated rings. The highest BCUT2D eigenvalue weighted by Gasteiger charge is 2.02. The number of pyridine rings is 2. The maximum atomic E-state index is 5.68. The minimum Gasteiger partial charge on any atom is -0.464 e. The normalized spacial score (nSPS) is 9.80. The SMILES string of the molecule is C#CCOc1ccc2ccnc(N)c2n1. The number of ether oxygens (including phenoxy) is 1. The first-order valence-electron chi connectivity index (χ1n) is 4.39. The van der Waals surface area contributed by atoms with Gasteiger partial charge in [0, 0.05) is 17.6 Å². The van der Waals surface area contributed by atoms with E-state index in [1.54, 1.807) is 12.3 Å². The van der Waals surface area contributed by atoms with Crippen LogP contribution in [0.1, 0.15) is 0 Å². The van der Waals surface area contributed by atoms with Gasteiger partial charge in [-0.1, -0.05) is 5.92 Å². The average Bonchev–Trinajstić information content (AvgIpc) is 2.27. The van der Waals surface area contributed by atoms with Crippen LogP contribution in [-0.4, -0.2) is 16.6 Å². The van der Waals surface area contributed by atoms with E-state index in [2.05, 4.69) is 15.9 Å². The minimum absolute atomic E-state index is 0.193. The molecule has 0 aromatic carbocycles. The quantitative estimate of drug-likeness (QED) is 0.739. The van der Waals surface area contributed by atoms with Gasteiger partial charge in [-0.15, -0.1) is 6.42 Å². The maximum Gasteiger partial charge on any atom is 0.214 e. The summed E-state index contributed by atoms with van der Waals surface area (Å²) < 4.78 is 5.19. The van der Waals surface area contributed by atoms with Gasteiger partial charge in [-0.25, -0.2) is 9.97 Å². The molecule has 0 amide bonds. The van der Waals surface area contributed by atoms with Crippen LogP contribution in [0.5, 0.6) is 5.88 Å². The Bertz CT molecular complexity index is 531. The first-order valence-corrected chi connectivity index (χ1v) is 4.39. The van der Waals surface area contributed by atoms with Crippen molar-refractivity contribution in [3.63, 3.8) is 0 Å². The molecule has 0 unspecified atom stereocenters. The standard InChI is InChI=1S/C11H9N3O/c1-2-7-15-9-4-3-8-5-6-13-11(12)10(8)14-9/h1,3-6H,7H2,(H2,12,13). The number of nitrogen functional groups attached to an aromatic ring is 1. The number of terminal acetylenes is 1. The monoisotopic (exact) mass is 199 g/mol. The average molecular weight is 199 g/mol. The maximum absolute atomic E-state index is 5.68. The third-order valence-corrected chi connectivity index (χ3v) is 1.91. The second-order valence-electron chi connectivity index (χ2n) is 2.91. The third-order valence-electron chi connectivity index (χ3n) is 1.91. The van der Waals surface area contributed by atoms with E-state index in [1.165, 1.54) is 0 Å². The predicted octanol–water partition coefficient (Wildman–Crippen LogP) is 1.22. The molecule has 0 aliphatic carbocycles. The molecule has 4 nitrogen and oxygen atoms in total. The molecule has 2 rings (SSSR count). The van der Waals surface area contributed by atoms with Crippen molar-refractivity contribution in [2.24, 2.45) is 0 Å². The zero-order chi connectivity index (χ0) is 10.7. The Labute approximate surface area is 87.1 Å². The molecule has 2 N–H and O–H groups in total. The number of anilines is 1. The molecule has 0 aliphatic heterocycles. The molecule has 0 saturated carbocycles. The molecule has 0 bridgehead atoms. The van der Waals surface area contributed by atoms with Crippen LogP contribution in [0.25, 0.3) is 10.9 Å². The van der Waals surface area contributed by atoms with Crippen LogP contribution in [-0.2, 0) is 0 Å². The van der Waals surface area contributed by atoms with Gasteiger partial charge >= 0.3 is 0 Å². The van der Waals surface area contributed by atoms with Crippen molar-refractivity contribution in [2.75, 3.05) is 12.3 Å². The molecular weight excluding hydrogens is 190 g/mol. The van der Waals surface area contributed by atoms with Gasteiger partial charge in [0.2, 0.25) is 5.88 Å².